The lowest BCUT2D eigenvalue weighted by Crippen LogP contribution is -2.31. The van der Waals surface area contributed by atoms with Crippen LogP contribution in [0.2, 0.25) is 0 Å². The highest BCUT2D eigenvalue weighted by Gasteiger charge is 2.17. The van der Waals surface area contributed by atoms with Gasteiger partial charge in [-0.05, 0) is 12.1 Å². The van der Waals surface area contributed by atoms with Gasteiger partial charge in [-0.3, -0.25) is 4.79 Å². The average Bonchev–Trinajstić information content (AvgIpc) is 2.43. The standard InChI is InChI=1S/C11H16N4O4/c1-12-10(16)7-3-4-9(15-14-7)13-8(11(17)18)5-6-19-2/h3-4,8H,5-6H2,1-2H3,(H,12,16)(H,13,15)(H,17,18). The van der Waals surface area contributed by atoms with E-state index in [1.807, 2.05) is 0 Å². The van der Waals surface area contributed by atoms with E-state index in [0.29, 0.717) is 13.0 Å². The van der Waals surface area contributed by atoms with E-state index in [1.54, 1.807) is 0 Å². The summed E-state index contributed by atoms with van der Waals surface area (Å²) in [7, 11) is 2.98. The normalized spacial score (nSPS) is 11.7. The van der Waals surface area contributed by atoms with Crippen LogP contribution in [0, 0.1) is 0 Å². The lowest BCUT2D eigenvalue weighted by molar-refractivity contribution is -0.138. The Labute approximate surface area is 110 Å². The second-order valence-corrected chi connectivity index (χ2v) is 3.70. The molecule has 1 heterocycles. The summed E-state index contributed by atoms with van der Waals surface area (Å²) in [5.74, 6) is -1.07. The van der Waals surface area contributed by atoms with Gasteiger partial charge in [-0.2, -0.15) is 0 Å². The number of ether oxygens (including phenoxy) is 1. The SMILES string of the molecule is CNC(=O)c1ccc(NC(CCOC)C(=O)O)nn1. The lowest BCUT2D eigenvalue weighted by Gasteiger charge is -2.14. The number of hydrogen-bond acceptors (Lipinski definition) is 6. The largest absolute Gasteiger partial charge is 0.480 e. The van der Waals surface area contributed by atoms with E-state index < -0.39 is 12.0 Å². The number of nitrogens with zero attached hydrogens (tertiary/aromatic N) is 2. The number of carboxylic acid groups (broad SMARTS) is 1. The zero-order valence-electron chi connectivity index (χ0n) is 10.7. The molecule has 1 amide bonds. The fraction of sp³-hybridized carbons (Fsp3) is 0.455. The number of aromatic nitrogens is 2. The monoisotopic (exact) mass is 268 g/mol. The summed E-state index contributed by atoms with van der Waals surface area (Å²) in [5, 5.41) is 21.6. The third kappa shape index (κ3) is 4.51. The summed E-state index contributed by atoms with van der Waals surface area (Å²) in [6, 6.07) is 2.14. The fourth-order valence-electron chi connectivity index (χ4n) is 1.33. The maximum atomic E-state index is 11.3. The quantitative estimate of drug-likeness (QED) is 0.624. The van der Waals surface area contributed by atoms with Crippen molar-refractivity contribution in [3.63, 3.8) is 0 Å². The molecule has 1 rings (SSSR count). The first-order chi connectivity index (χ1) is 9.08. The molecule has 8 heteroatoms. The summed E-state index contributed by atoms with van der Waals surface area (Å²) >= 11 is 0. The third-order valence-corrected chi connectivity index (χ3v) is 2.36. The van der Waals surface area contributed by atoms with E-state index in [0.717, 1.165) is 0 Å². The summed E-state index contributed by atoms with van der Waals surface area (Å²) < 4.78 is 4.83. The van der Waals surface area contributed by atoms with Crippen molar-refractivity contribution >= 4 is 17.7 Å². The number of aliphatic carboxylic acids is 1. The summed E-state index contributed by atoms with van der Waals surface area (Å²) in [5.41, 5.74) is 0.164. The van der Waals surface area contributed by atoms with E-state index in [2.05, 4.69) is 20.8 Å². The first-order valence-electron chi connectivity index (χ1n) is 5.62. The van der Waals surface area contributed by atoms with Crippen molar-refractivity contribution in [3.8, 4) is 0 Å². The summed E-state index contributed by atoms with van der Waals surface area (Å²) in [4.78, 5) is 22.3. The van der Waals surface area contributed by atoms with Crippen LogP contribution in [0.1, 0.15) is 16.9 Å². The van der Waals surface area contributed by atoms with Crippen molar-refractivity contribution in [1.29, 1.82) is 0 Å². The van der Waals surface area contributed by atoms with Crippen LogP contribution in [0.15, 0.2) is 12.1 Å². The van der Waals surface area contributed by atoms with Crippen molar-refractivity contribution in [2.45, 2.75) is 12.5 Å². The predicted molar refractivity (Wildman–Crippen MR) is 67.0 cm³/mol. The molecule has 0 aromatic carbocycles. The number of nitrogens with one attached hydrogen (secondary N) is 2. The molecule has 1 aromatic rings. The smallest absolute Gasteiger partial charge is 0.326 e. The molecule has 0 saturated carbocycles. The number of rotatable bonds is 7. The van der Waals surface area contributed by atoms with E-state index in [-0.39, 0.29) is 17.4 Å². The van der Waals surface area contributed by atoms with Gasteiger partial charge in [-0.15, -0.1) is 10.2 Å². The number of carbonyl (C=O) groups excluding carboxylic acids is 1. The average molecular weight is 268 g/mol. The van der Waals surface area contributed by atoms with Gasteiger partial charge in [0.05, 0.1) is 0 Å². The maximum absolute atomic E-state index is 11.3. The van der Waals surface area contributed by atoms with Gasteiger partial charge in [0.25, 0.3) is 5.91 Å². The highest BCUT2D eigenvalue weighted by Crippen LogP contribution is 2.06. The van der Waals surface area contributed by atoms with Crippen LogP contribution in [-0.2, 0) is 9.53 Å². The number of carboxylic acids is 1. The Kier molecular flexibility index (Phi) is 5.68. The molecular formula is C11H16N4O4. The Hall–Kier alpha value is -2.22. The molecule has 0 aliphatic rings. The molecule has 8 nitrogen and oxygen atoms in total. The molecule has 104 valence electrons. The number of anilines is 1. The Morgan fingerprint density at radius 2 is 2.16 bits per heavy atom. The van der Waals surface area contributed by atoms with Gasteiger partial charge in [0.15, 0.2) is 5.69 Å². The second kappa shape index (κ2) is 7.27. The summed E-state index contributed by atoms with van der Waals surface area (Å²) in [6.45, 7) is 0.313. The van der Waals surface area contributed by atoms with Gasteiger partial charge < -0.3 is 20.5 Å². The van der Waals surface area contributed by atoms with E-state index in [4.69, 9.17) is 9.84 Å². The molecular weight excluding hydrogens is 252 g/mol. The van der Waals surface area contributed by atoms with Gasteiger partial charge >= 0.3 is 5.97 Å². The minimum absolute atomic E-state index is 0.164. The minimum Gasteiger partial charge on any atom is -0.480 e. The van der Waals surface area contributed by atoms with Crippen molar-refractivity contribution in [1.82, 2.24) is 15.5 Å². The Morgan fingerprint density at radius 1 is 1.42 bits per heavy atom. The molecule has 3 N–H and O–H groups in total. The van der Waals surface area contributed by atoms with Gasteiger partial charge in [-0.25, -0.2) is 4.79 Å². The predicted octanol–water partition coefficient (Wildman–Crippen LogP) is -0.262. The molecule has 0 aliphatic heterocycles. The first-order valence-corrected chi connectivity index (χ1v) is 5.62. The Bertz CT molecular complexity index is 435. The van der Waals surface area contributed by atoms with E-state index in [9.17, 15) is 9.59 Å². The van der Waals surface area contributed by atoms with Crippen molar-refractivity contribution in [3.05, 3.63) is 17.8 Å². The van der Waals surface area contributed by atoms with Crippen LogP contribution in [0.25, 0.3) is 0 Å². The van der Waals surface area contributed by atoms with Crippen LogP contribution in [0.3, 0.4) is 0 Å². The van der Waals surface area contributed by atoms with E-state index in [1.165, 1.54) is 26.3 Å². The van der Waals surface area contributed by atoms with E-state index >= 15 is 0 Å². The lowest BCUT2D eigenvalue weighted by atomic mass is 10.2. The Morgan fingerprint density at radius 3 is 2.63 bits per heavy atom. The molecule has 1 unspecified atom stereocenters. The second-order valence-electron chi connectivity index (χ2n) is 3.70. The Balaban J connectivity index is 2.69. The molecule has 0 bridgehead atoms. The van der Waals surface area contributed by atoms with Gasteiger partial charge in [-0.1, -0.05) is 0 Å². The van der Waals surface area contributed by atoms with Crippen LogP contribution >= 0.6 is 0 Å². The molecule has 0 saturated heterocycles. The first kappa shape index (κ1) is 14.8. The number of carbonyl (C=O) groups is 2. The molecule has 1 aromatic heterocycles. The minimum atomic E-state index is -1.01. The van der Waals surface area contributed by atoms with Crippen LogP contribution < -0.4 is 10.6 Å². The number of hydrogen-bond donors (Lipinski definition) is 3. The van der Waals surface area contributed by atoms with Crippen molar-refractivity contribution < 1.29 is 19.4 Å². The fourth-order valence-corrected chi connectivity index (χ4v) is 1.33. The molecule has 0 spiro atoms. The molecule has 0 aliphatic carbocycles. The highest BCUT2D eigenvalue weighted by atomic mass is 16.5. The zero-order valence-corrected chi connectivity index (χ0v) is 10.7. The van der Waals surface area contributed by atoms with Crippen LogP contribution in [0.5, 0.6) is 0 Å². The number of amides is 1. The molecule has 0 fully saturated rings. The topological polar surface area (TPSA) is 113 Å². The number of methoxy groups -OCH3 is 1. The van der Waals surface area contributed by atoms with Crippen molar-refractivity contribution in [2.24, 2.45) is 0 Å². The van der Waals surface area contributed by atoms with Gasteiger partial charge in [0, 0.05) is 27.2 Å². The third-order valence-electron chi connectivity index (χ3n) is 2.36. The van der Waals surface area contributed by atoms with Crippen LogP contribution in [0.4, 0.5) is 5.82 Å². The van der Waals surface area contributed by atoms with Gasteiger partial charge in [0.1, 0.15) is 11.9 Å². The summed E-state index contributed by atoms with van der Waals surface area (Å²) in [6.07, 6.45) is 0.296. The zero-order chi connectivity index (χ0) is 14.3. The molecule has 1 atom stereocenters. The van der Waals surface area contributed by atoms with Gasteiger partial charge in [0.2, 0.25) is 0 Å². The highest BCUT2D eigenvalue weighted by molar-refractivity contribution is 5.91. The molecule has 0 radical (unpaired) electrons. The molecule has 19 heavy (non-hydrogen) atoms. The van der Waals surface area contributed by atoms with Crippen LogP contribution in [-0.4, -0.2) is 54.0 Å². The van der Waals surface area contributed by atoms with Crippen molar-refractivity contribution in [2.75, 3.05) is 26.1 Å². The maximum Gasteiger partial charge on any atom is 0.326 e.